The van der Waals surface area contributed by atoms with E-state index < -0.39 is 5.69 Å². The van der Waals surface area contributed by atoms with Crippen LogP contribution in [0.15, 0.2) is 28.4 Å². The summed E-state index contributed by atoms with van der Waals surface area (Å²) in [7, 11) is 1.57. The second-order valence-corrected chi connectivity index (χ2v) is 5.66. The Morgan fingerprint density at radius 2 is 2.30 bits per heavy atom. The fourth-order valence-electron chi connectivity index (χ4n) is 1.98. The van der Waals surface area contributed by atoms with Crippen LogP contribution >= 0.6 is 11.8 Å². The molecule has 1 N–H and O–H groups in total. The summed E-state index contributed by atoms with van der Waals surface area (Å²) in [4.78, 5) is 23.0. The molecule has 0 saturated heterocycles. The first kappa shape index (κ1) is 15.1. The van der Waals surface area contributed by atoms with E-state index in [1.165, 1.54) is 18.0 Å². The molecule has 23 heavy (non-hydrogen) atoms. The van der Waals surface area contributed by atoms with E-state index >= 15 is 0 Å². The van der Waals surface area contributed by atoms with Crippen molar-refractivity contribution in [2.24, 2.45) is 0 Å². The van der Waals surface area contributed by atoms with Gasteiger partial charge in [0, 0.05) is 18.0 Å². The molecule has 0 bridgehead atoms. The van der Waals surface area contributed by atoms with Crippen LogP contribution in [0.1, 0.15) is 16.7 Å². The molecule has 0 fully saturated rings. The van der Waals surface area contributed by atoms with Crippen LogP contribution in [0, 0.1) is 18.3 Å². The van der Waals surface area contributed by atoms with Gasteiger partial charge in [-0.3, -0.25) is 4.98 Å². The summed E-state index contributed by atoms with van der Waals surface area (Å²) >= 11 is 1.35. The van der Waals surface area contributed by atoms with Gasteiger partial charge in [-0.2, -0.15) is 14.9 Å². The van der Waals surface area contributed by atoms with Gasteiger partial charge < -0.3 is 4.74 Å². The van der Waals surface area contributed by atoms with Crippen LogP contribution in [0.3, 0.4) is 0 Å². The van der Waals surface area contributed by atoms with Crippen molar-refractivity contribution in [3.8, 4) is 11.9 Å². The number of hydrogen-bond acceptors (Lipinski definition) is 7. The highest BCUT2D eigenvalue weighted by atomic mass is 32.2. The van der Waals surface area contributed by atoms with E-state index in [1.807, 2.05) is 19.1 Å². The van der Waals surface area contributed by atoms with Gasteiger partial charge in [0.1, 0.15) is 11.6 Å². The van der Waals surface area contributed by atoms with Gasteiger partial charge >= 0.3 is 5.69 Å². The smallest absolute Gasteiger partial charge is 0.350 e. The standard InChI is InChI=1S/C14H12N6O2S/c1-8-3-11(22-2)16-5-10(8)7-23-13-18-12-9(4-15)6-17-20(12)14(21)19-13/h3,5-6H,7H2,1-2H3,(H,18,19,21). The van der Waals surface area contributed by atoms with Crippen molar-refractivity contribution >= 4 is 17.4 Å². The summed E-state index contributed by atoms with van der Waals surface area (Å²) in [5, 5.41) is 13.3. The lowest BCUT2D eigenvalue weighted by molar-refractivity contribution is 0.397. The summed E-state index contributed by atoms with van der Waals surface area (Å²) in [5.41, 5.74) is 2.13. The molecule has 0 saturated carbocycles. The highest BCUT2D eigenvalue weighted by molar-refractivity contribution is 7.98. The molecule has 0 aliphatic carbocycles. The van der Waals surface area contributed by atoms with E-state index in [-0.39, 0.29) is 11.2 Å². The molecule has 9 heteroatoms. The Hall–Kier alpha value is -2.86. The fourth-order valence-corrected chi connectivity index (χ4v) is 2.89. The predicted octanol–water partition coefficient (Wildman–Crippen LogP) is 1.29. The third kappa shape index (κ3) is 2.89. The topological polar surface area (TPSA) is 109 Å². The zero-order chi connectivity index (χ0) is 16.4. The number of hydrogen-bond donors (Lipinski definition) is 1. The van der Waals surface area contributed by atoms with Crippen molar-refractivity contribution in [1.82, 2.24) is 24.6 Å². The van der Waals surface area contributed by atoms with Gasteiger partial charge in [0.25, 0.3) is 0 Å². The Kier molecular flexibility index (Phi) is 3.99. The number of nitriles is 1. The lowest BCUT2D eigenvalue weighted by Crippen LogP contribution is -2.19. The normalized spacial score (nSPS) is 10.7. The second-order valence-electron chi connectivity index (χ2n) is 4.69. The van der Waals surface area contributed by atoms with E-state index in [4.69, 9.17) is 10.00 Å². The van der Waals surface area contributed by atoms with Crippen molar-refractivity contribution < 1.29 is 4.74 Å². The van der Waals surface area contributed by atoms with Gasteiger partial charge in [0.2, 0.25) is 5.88 Å². The largest absolute Gasteiger partial charge is 0.481 e. The maximum absolute atomic E-state index is 11.9. The molecule has 116 valence electrons. The summed E-state index contributed by atoms with van der Waals surface area (Å²) in [6.45, 7) is 1.96. The number of aromatic amines is 1. The van der Waals surface area contributed by atoms with Crippen molar-refractivity contribution in [3.63, 3.8) is 0 Å². The van der Waals surface area contributed by atoms with Crippen molar-refractivity contribution in [3.05, 3.63) is 45.6 Å². The molecule has 0 radical (unpaired) electrons. The average Bonchev–Trinajstić information content (AvgIpc) is 2.97. The van der Waals surface area contributed by atoms with Crippen LogP contribution in [0.2, 0.25) is 0 Å². The summed E-state index contributed by atoms with van der Waals surface area (Å²) in [5.74, 6) is 1.14. The molecular weight excluding hydrogens is 316 g/mol. The van der Waals surface area contributed by atoms with Gasteiger partial charge in [-0.15, -0.1) is 0 Å². The number of H-pyrrole nitrogens is 1. The quantitative estimate of drug-likeness (QED) is 0.719. The highest BCUT2D eigenvalue weighted by Crippen LogP contribution is 2.22. The average molecular weight is 328 g/mol. The van der Waals surface area contributed by atoms with Gasteiger partial charge in [-0.1, -0.05) is 11.8 Å². The lowest BCUT2D eigenvalue weighted by atomic mass is 10.2. The number of thioether (sulfide) groups is 1. The summed E-state index contributed by atoms with van der Waals surface area (Å²) in [6.07, 6.45) is 3.06. The maximum atomic E-state index is 11.9. The van der Waals surface area contributed by atoms with Crippen LogP contribution in [-0.2, 0) is 5.75 Å². The summed E-state index contributed by atoms with van der Waals surface area (Å²) in [6, 6.07) is 3.82. The first-order valence-corrected chi connectivity index (χ1v) is 7.61. The first-order chi connectivity index (χ1) is 11.1. The minimum atomic E-state index is -0.427. The number of fused-ring (bicyclic) bond motifs is 1. The molecule has 0 spiro atoms. The molecule has 0 aliphatic heterocycles. The molecule has 8 nitrogen and oxygen atoms in total. The predicted molar refractivity (Wildman–Crippen MR) is 83.4 cm³/mol. The zero-order valence-corrected chi connectivity index (χ0v) is 13.2. The van der Waals surface area contributed by atoms with E-state index in [0.717, 1.165) is 15.6 Å². The SMILES string of the molecule is COc1cc(C)c(CSc2nc3c(C#N)cnn3c(=O)[nH]2)cn1. The Balaban J connectivity index is 1.87. The summed E-state index contributed by atoms with van der Waals surface area (Å²) < 4.78 is 6.15. The van der Waals surface area contributed by atoms with Crippen LogP contribution < -0.4 is 10.4 Å². The molecule has 3 rings (SSSR count). The molecule has 3 heterocycles. The minimum absolute atomic E-state index is 0.253. The lowest BCUT2D eigenvalue weighted by Gasteiger charge is -2.06. The number of aryl methyl sites for hydroxylation is 1. The molecular formula is C14H12N6O2S. The van der Waals surface area contributed by atoms with Crippen LogP contribution in [0.4, 0.5) is 0 Å². The van der Waals surface area contributed by atoms with Crippen molar-refractivity contribution in [2.75, 3.05) is 7.11 Å². The third-order valence-corrected chi connectivity index (χ3v) is 4.17. The molecule has 0 atom stereocenters. The number of aromatic nitrogens is 5. The van der Waals surface area contributed by atoms with Gasteiger partial charge in [0.15, 0.2) is 10.8 Å². The number of nitrogens with one attached hydrogen (secondary N) is 1. The number of ether oxygens (including phenoxy) is 1. The van der Waals surface area contributed by atoms with Gasteiger partial charge in [0.05, 0.1) is 13.3 Å². The second kappa shape index (κ2) is 6.10. The van der Waals surface area contributed by atoms with Gasteiger partial charge in [-0.05, 0) is 18.1 Å². The highest BCUT2D eigenvalue weighted by Gasteiger charge is 2.11. The number of nitrogens with zero attached hydrogens (tertiary/aromatic N) is 5. The maximum Gasteiger partial charge on any atom is 0.350 e. The molecule has 0 aromatic carbocycles. The van der Waals surface area contributed by atoms with E-state index in [0.29, 0.717) is 16.8 Å². The Bertz CT molecular complexity index is 972. The molecule has 0 unspecified atom stereocenters. The van der Waals surface area contributed by atoms with Crippen molar-refractivity contribution in [1.29, 1.82) is 5.26 Å². The van der Waals surface area contributed by atoms with Crippen LogP contribution in [0.25, 0.3) is 5.65 Å². The minimum Gasteiger partial charge on any atom is -0.481 e. The zero-order valence-electron chi connectivity index (χ0n) is 12.4. The fraction of sp³-hybridized carbons (Fsp3) is 0.214. The third-order valence-electron chi connectivity index (χ3n) is 3.25. The van der Waals surface area contributed by atoms with E-state index in [2.05, 4.69) is 20.1 Å². The monoisotopic (exact) mass is 328 g/mol. The number of pyridine rings is 1. The molecule has 0 aliphatic rings. The Morgan fingerprint density at radius 1 is 1.48 bits per heavy atom. The van der Waals surface area contributed by atoms with Crippen LogP contribution in [0.5, 0.6) is 5.88 Å². The molecule has 3 aromatic heterocycles. The van der Waals surface area contributed by atoms with Crippen LogP contribution in [-0.4, -0.2) is 31.7 Å². The van der Waals surface area contributed by atoms with E-state index in [1.54, 1.807) is 13.3 Å². The molecule has 3 aromatic rings. The first-order valence-electron chi connectivity index (χ1n) is 6.63. The number of methoxy groups -OCH3 is 1. The Morgan fingerprint density at radius 3 is 3.00 bits per heavy atom. The Labute approximate surface area is 135 Å². The van der Waals surface area contributed by atoms with Crippen molar-refractivity contribution in [2.45, 2.75) is 17.8 Å². The molecule has 0 amide bonds. The number of rotatable bonds is 4. The van der Waals surface area contributed by atoms with E-state index in [9.17, 15) is 4.79 Å². The van der Waals surface area contributed by atoms with Gasteiger partial charge in [-0.25, -0.2) is 14.8 Å².